The molecule has 1 aromatic heterocycles. The summed E-state index contributed by atoms with van der Waals surface area (Å²) in [6, 6.07) is 3.64. The van der Waals surface area contributed by atoms with E-state index in [4.69, 9.17) is 9.72 Å². The Labute approximate surface area is 185 Å². The van der Waals surface area contributed by atoms with Gasteiger partial charge in [-0.1, -0.05) is 0 Å². The summed E-state index contributed by atoms with van der Waals surface area (Å²) in [4.78, 5) is 13.8. The molecule has 1 atom stereocenters. The molecule has 0 bridgehead atoms. The van der Waals surface area contributed by atoms with Crippen LogP contribution in [0.15, 0.2) is 29.4 Å². The molecule has 3 N–H and O–H groups in total. The molecule has 32 heavy (non-hydrogen) atoms. The van der Waals surface area contributed by atoms with Crippen molar-refractivity contribution < 1.29 is 18.6 Å². The Morgan fingerprint density at radius 2 is 1.88 bits per heavy atom. The third kappa shape index (κ3) is 4.45. The van der Waals surface area contributed by atoms with Gasteiger partial charge in [-0.3, -0.25) is 0 Å². The van der Waals surface area contributed by atoms with Crippen molar-refractivity contribution in [2.24, 2.45) is 10.9 Å². The number of ether oxygens (including phenoxy) is 1. The highest BCUT2D eigenvalue weighted by atomic mass is 19.1. The monoisotopic (exact) mass is 443 g/mol. The second-order valence-electron chi connectivity index (χ2n) is 8.79. The Balaban J connectivity index is 1.47. The van der Waals surface area contributed by atoms with Crippen molar-refractivity contribution in [3.8, 4) is 0 Å². The fourth-order valence-electron chi connectivity index (χ4n) is 4.85. The second kappa shape index (κ2) is 9.07. The van der Waals surface area contributed by atoms with Gasteiger partial charge < -0.3 is 20.5 Å². The Kier molecular flexibility index (Phi) is 6.01. The number of nitrogens with zero attached hydrogens (tertiary/aromatic N) is 3. The van der Waals surface area contributed by atoms with Crippen LogP contribution < -0.4 is 10.6 Å². The molecule has 2 fully saturated rings. The van der Waals surface area contributed by atoms with Gasteiger partial charge in [0.05, 0.1) is 29.6 Å². The number of hydrogen-bond donors (Lipinski definition) is 3. The predicted octanol–water partition coefficient (Wildman–Crippen LogP) is 4.14. The van der Waals surface area contributed by atoms with Crippen LogP contribution in [0.5, 0.6) is 0 Å². The van der Waals surface area contributed by atoms with E-state index in [9.17, 15) is 13.9 Å². The number of benzene rings is 1. The molecule has 7 nitrogen and oxygen atoms in total. The van der Waals surface area contributed by atoms with Gasteiger partial charge in [-0.2, -0.15) is 0 Å². The molecule has 2 aliphatic heterocycles. The summed E-state index contributed by atoms with van der Waals surface area (Å²) < 4.78 is 33.1. The number of hydrogen-bond acceptors (Lipinski definition) is 6. The molecule has 1 saturated heterocycles. The molecule has 1 aromatic carbocycles. The van der Waals surface area contributed by atoms with Gasteiger partial charge in [-0.25, -0.2) is 23.7 Å². The standard InChI is InChI=1S/C23H27F2N5O2/c24-14-3-6-18(17(25)11-14)28-22-20(13-1-4-16(31)5-2-13)21-19(29-22)12-26-23(30-21)27-15-7-9-32-10-8-15/h3,6,11-13,15-16,20,31H,1-2,4-5,7-10H2,(H,28,29)(H,26,27,30). The van der Waals surface area contributed by atoms with Gasteiger partial charge in [0.15, 0.2) is 5.82 Å². The number of aliphatic hydroxyl groups is 1. The first kappa shape index (κ1) is 21.2. The average Bonchev–Trinajstić information content (AvgIpc) is 3.14. The minimum atomic E-state index is -0.707. The smallest absolute Gasteiger partial charge is 0.223 e. The van der Waals surface area contributed by atoms with E-state index in [0.717, 1.165) is 56.3 Å². The van der Waals surface area contributed by atoms with Crippen molar-refractivity contribution in [2.45, 2.75) is 56.6 Å². The Hall–Kier alpha value is -2.65. The van der Waals surface area contributed by atoms with Gasteiger partial charge in [0.2, 0.25) is 5.95 Å². The summed E-state index contributed by atoms with van der Waals surface area (Å²) in [6.45, 7) is 1.44. The lowest BCUT2D eigenvalue weighted by atomic mass is 9.77. The second-order valence-corrected chi connectivity index (χ2v) is 8.79. The lowest BCUT2D eigenvalue weighted by molar-refractivity contribution is 0.0903. The molecule has 0 radical (unpaired) electrons. The first-order valence-electron chi connectivity index (χ1n) is 11.3. The Bertz CT molecular complexity index is 1000. The summed E-state index contributed by atoms with van der Waals surface area (Å²) in [5.74, 6) is -0.153. The van der Waals surface area contributed by atoms with Crippen LogP contribution in [-0.2, 0) is 4.74 Å². The van der Waals surface area contributed by atoms with Gasteiger partial charge in [-0.05, 0) is 56.6 Å². The molecule has 170 valence electrons. The van der Waals surface area contributed by atoms with E-state index in [0.29, 0.717) is 24.6 Å². The molecule has 2 aromatic rings. The number of halogens is 2. The number of nitrogens with one attached hydrogen (secondary N) is 2. The summed E-state index contributed by atoms with van der Waals surface area (Å²) in [6.07, 6.45) is 6.33. The molecule has 0 amide bonds. The minimum Gasteiger partial charge on any atom is -0.393 e. The number of anilines is 2. The zero-order valence-corrected chi connectivity index (χ0v) is 17.7. The van der Waals surface area contributed by atoms with E-state index in [1.807, 2.05) is 0 Å². The van der Waals surface area contributed by atoms with Crippen molar-refractivity contribution in [3.63, 3.8) is 0 Å². The lowest BCUT2D eigenvalue weighted by Crippen LogP contribution is -2.29. The molecular weight excluding hydrogens is 416 g/mol. The highest BCUT2D eigenvalue weighted by Crippen LogP contribution is 2.43. The van der Waals surface area contributed by atoms with E-state index in [1.165, 1.54) is 12.1 Å². The van der Waals surface area contributed by atoms with Gasteiger partial charge in [-0.15, -0.1) is 0 Å². The van der Waals surface area contributed by atoms with Crippen LogP contribution in [0.4, 0.5) is 26.1 Å². The summed E-state index contributed by atoms with van der Waals surface area (Å²) >= 11 is 0. The van der Waals surface area contributed by atoms with Crippen molar-refractivity contribution in [3.05, 3.63) is 41.7 Å². The van der Waals surface area contributed by atoms with Gasteiger partial charge >= 0.3 is 0 Å². The predicted molar refractivity (Wildman–Crippen MR) is 117 cm³/mol. The van der Waals surface area contributed by atoms with E-state index in [1.54, 1.807) is 6.20 Å². The molecule has 5 rings (SSSR count). The largest absolute Gasteiger partial charge is 0.393 e. The number of aromatic nitrogens is 2. The maximum Gasteiger partial charge on any atom is 0.223 e. The Morgan fingerprint density at radius 3 is 2.62 bits per heavy atom. The summed E-state index contributed by atoms with van der Waals surface area (Å²) in [5.41, 5.74) is 1.66. The molecule has 1 aliphatic carbocycles. The van der Waals surface area contributed by atoms with Crippen molar-refractivity contribution in [1.82, 2.24) is 9.97 Å². The molecule has 9 heteroatoms. The third-order valence-electron chi connectivity index (χ3n) is 6.59. The number of rotatable bonds is 4. The van der Waals surface area contributed by atoms with Crippen LogP contribution in [-0.4, -0.2) is 46.3 Å². The quantitative estimate of drug-likeness (QED) is 0.658. The molecule has 3 heterocycles. The third-order valence-corrected chi connectivity index (χ3v) is 6.59. The summed E-state index contributed by atoms with van der Waals surface area (Å²) in [7, 11) is 0. The molecule has 1 saturated carbocycles. The summed E-state index contributed by atoms with van der Waals surface area (Å²) in [5, 5.41) is 16.7. The van der Waals surface area contributed by atoms with Crippen molar-refractivity contribution >= 4 is 23.2 Å². The van der Waals surface area contributed by atoms with E-state index in [2.05, 4.69) is 20.6 Å². The first-order chi connectivity index (χ1) is 15.6. The van der Waals surface area contributed by atoms with Gasteiger partial charge in [0.1, 0.15) is 17.3 Å². The average molecular weight is 443 g/mol. The fraction of sp³-hybridized carbons (Fsp3) is 0.522. The van der Waals surface area contributed by atoms with E-state index < -0.39 is 11.6 Å². The SMILES string of the molecule is OC1CCC(C2C(=Nc3ccc(F)cc3F)Nc3cnc(NC4CCOCC4)nc32)CC1. The normalized spacial score (nSPS) is 27.2. The highest BCUT2D eigenvalue weighted by Gasteiger charge is 2.39. The number of aliphatic imine (C=N–C) groups is 1. The maximum atomic E-state index is 14.3. The van der Waals surface area contributed by atoms with Gasteiger partial charge in [0.25, 0.3) is 0 Å². The molecule has 1 unspecified atom stereocenters. The highest BCUT2D eigenvalue weighted by molar-refractivity contribution is 6.07. The molecule has 3 aliphatic rings. The van der Waals surface area contributed by atoms with E-state index >= 15 is 0 Å². The maximum absolute atomic E-state index is 14.3. The number of fused-ring (bicyclic) bond motifs is 1. The van der Waals surface area contributed by atoms with Crippen LogP contribution in [0, 0.1) is 17.6 Å². The number of amidine groups is 1. The fourth-order valence-corrected chi connectivity index (χ4v) is 4.85. The van der Waals surface area contributed by atoms with Crippen LogP contribution in [0.3, 0.4) is 0 Å². The zero-order valence-electron chi connectivity index (χ0n) is 17.7. The molecule has 0 spiro atoms. The van der Waals surface area contributed by atoms with Gasteiger partial charge in [0, 0.05) is 25.3 Å². The van der Waals surface area contributed by atoms with Crippen LogP contribution >= 0.6 is 0 Å². The van der Waals surface area contributed by atoms with Crippen LogP contribution in [0.25, 0.3) is 0 Å². The van der Waals surface area contributed by atoms with Crippen LogP contribution in [0.1, 0.15) is 50.1 Å². The van der Waals surface area contributed by atoms with E-state index in [-0.39, 0.29) is 29.7 Å². The minimum absolute atomic E-state index is 0.0797. The van der Waals surface area contributed by atoms with Crippen molar-refractivity contribution in [2.75, 3.05) is 23.8 Å². The van der Waals surface area contributed by atoms with Crippen molar-refractivity contribution in [1.29, 1.82) is 0 Å². The molecular formula is C23H27F2N5O2. The number of aliphatic hydroxyl groups excluding tert-OH is 1. The zero-order chi connectivity index (χ0) is 22.1. The van der Waals surface area contributed by atoms with Crippen LogP contribution in [0.2, 0.25) is 0 Å². The first-order valence-corrected chi connectivity index (χ1v) is 11.3. The lowest BCUT2D eigenvalue weighted by Gasteiger charge is -2.30. The topological polar surface area (TPSA) is 91.7 Å². The Morgan fingerprint density at radius 1 is 1.09 bits per heavy atom.